The molecule has 0 saturated carbocycles. The fourth-order valence-electron chi connectivity index (χ4n) is 4.33. The molecule has 0 unspecified atom stereocenters. The zero-order chi connectivity index (χ0) is 22.9. The van der Waals surface area contributed by atoms with Crippen molar-refractivity contribution >= 4 is 15.9 Å². The van der Waals surface area contributed by atoms with Crippen molar-refractivity contribution in [3.05, 3.63) is 53.1 Å². The molecule has 2 aromatic carbocycles. The summed E-state index contributed by atoms with van der Waals surface area (Å²) in [7, 11) is -3.56. The van der Waals surface area contributed by atoms with Gasteiger partial charge >= 0.3 is 0 Å². The Morgan fingerprint density at radius 2 is 1.72 bits per heavy atom. The number of amides is 1. The maximum atomic E-state index is 13.1. The molecule has 172 valence electrons. The van der Waals surface area contributed by atoms with Crippen LogP contribution in [0.5, 0.6) is 11.5 Å². The summed E-state index contributed by atoms with van der Waals surface area (Å²) in [6, 6.07) is 10.9. The van der Waals surface area contributed by atoms with Gasteiger partial charge in [-0.3, -0.25) is 4.79 Å². The number of hydrogen-bond acceptors (Lipinski definition) is 5. The van der Waals surface area contributed by atoms with Crippen LogP contribution in [0.15, 0.2) is 41.3 Å². The number of rotatable bonds is 5. The van der Waals surface area contributed by atoms with E-state index in [0.29, 0.717) is 49.8 Å². The SMILES string of the molecule is Cc1ccc(S(=O)(=O)N2CCC(C(=O)N[C@@H](C)c3ccc4c(c3)OCCO4)CC2)c(C)c1. The van der Waals surface area contributed by atoms with Gasteiger partial charge in [0.15, 0.2) is 11.5 Å². The van der Waals surface area contributed by atoms with Crippen molar-refractivity contribution in [1.29, 1.82) is 0 Å². The summed E-state index contributed by atoms with van der Waals surface area (Å²) >= 11 is 0. The topological polar surface area (TPSA) is 84.9 Å². The standard InChI is InChI=1S/C24H30N2O5S/c1-16-4-7-23(17(2)14-16)32(28,29)26-10-8-19(9-11-26)24(27)25-18(3)20-5-6-21-22(15-20)31-13-12-30-21/h4-7,14-15,18-19H,8-13H2,1-3H3,(H,25,27)/t18-/m0/s1. The third-order valence-corrected chi connectivity index (χ3v) is 8.26. The molecule has 1 fully saturated rings. The second-order valence-electron chi connectivity index (χ2n) is 8.58. The molecule has 2 aliphatic rings. The van der Waals surface area contributed by atoms with E-state index in [4.69, 9.17) is 9.47 Å². The Bertz CT molecular complexity index is 1110. The van der Waals surface area contributed by atoms with Crippen LogP contribution in [0, 0.1) is 19.8 Å². The smallest absolute Gasteiger partial charge is 0.243 e. The predicted molar refractivity (Wildman–Crippen MR) is 121 cm³/mol. The van der Waals surface area contributed by atoms with Crippen molar-refractivity contribution in [3.63, 3.8) is 0 Å². The summed E-state index contributed by atoms with van der Waals surface area (Å²) in [4.78, 5) is 13.2. The number of benzene rings is 2. The second-order valence-corrected chi connectivity index (χ2v) is 10.5. The van der Waals surface area contributed by atoms with Crippen LogP contribution < -0.4 is 14.8 Å². The first-order chi connectivity index (χ1) is 15.3. The van der Waals surface area contributed by atoms with Gasteiger partial charge in [0.25, 0.3) is 0 Å². The van der Waals surface area contributed by atoms with Crippen LogP contribution in [0.3, 0.4) is 0 Å². The van der Waals surface area contributed by atoms with Gasteiger partial charge in [-0.25, -0.2) is 8.42 Å². The molecule has 7 nitrogen and oxygen atoms in total. The normalized spacial score (nSPS) is 18.2. The number of sulfonamides is 1. The van der Waals surface area contributed by atoms with Crippen LogP contribution in [-0.2, 0) is 14.8 Å². The molecule has 1 saturated heterocycles. The van der Waals surface area contributed by atoms with Gasteiger partial charge in [0.1, 0.15) is 13.2 Å². The van der Waals surface area contributed by atoms with Crippen molar-refractivity contribution in [3.8, 4) is 11.5 Å². The second kappa shape index (κ2) is 9.11. The van der Waals surface area contributed by atoms with Gasteiger partial charge in [-0.15, -0.1) is 0 Å². The molecule has 0 spiro atoms. The Labute approximate surface area is 189 Å². The predicted octanol–water partition coefficient (Wildman–Crippen LogP) is 3.35. The van der Waals surface area contributed by atoms with E-state index in [1.54, 1.807) is 6.07 Å². The number of hydrogen-bond donors (Lipinski definition) is 1. The molecule has 0 aliphatic carbocycles. The first-order valence-corrected chi connectivity index (χ1v) is 12.5. The molecular formula is C24H30N2O5S. The molecule has 0 aromatic heterocycles. The molecule has 0 bridgehead atoms. The molecule has 1 N–H and O–H groups in total. The van der Waals surface area contributed by atoms with Crippen LogP contribution in [-0.4, -0.2) is 44.9 Å². The number of carbonyl (C=O) groups excluding carboxylic acids is 1. The summed E-state index contributed by atoms with van der Waals surface area (Å²) in [5.74, 6) is 1.16. The minimum atomic E-state index is -3.56. The highest BCUT2D eigenvalue weighted by Gasteiger charge is 2.33. The molecule has 1 amide bonds. The minimum absolute atomic E-state index is 0.0454. The lowest BCUT2D eigenvalue weighted by Gasteiger charge is -2.31. The van der Waals surface area contributed by atoms with Crippen molar-refractivity contribution in [2.45, 2.75) is 44.6 Å². The first kappa shape index (κ1) is 22.6. The van der Waals surface area contributed by atoms with Gasteiger partial charge in [-0.05, 0) is 62.9 Å². The van der Waals surface area contributed by atoms with Crippen molar-refractivity contribution in [2.24, 2.45) is 5.92 Å². The van der Waals surface area contributed by atoms with Gasteiger partial charge < -0.3 is 14.8 Å². The first-order valence-electron chi connectivity index (χ1n) is 11.0. The third-order valence-electron chi connectivity index (χ3n) is 6.20. The summed E-state index contributed by atoms with van der Waals surface area (Å²) < 4.78 is 38.8. The monoisotopic (exact) mass is 458 g/mol. The third kappa shape index (κ3) is 4.61. The lowest BCUT2D eigenvalue weighted by atomic mass is 9.96. The highest BCUT2D eigenvalue weighted by Crippen LogP contribution is 2.33. The summed E-state index contributed by atoms with van der Waals surface area (Å²) in [6.45, 7) is 7.43. The Morgan fingerprint density at radius 1 is 1.03 bits per heavy atom. The zero-order valence-electron chi connectivity index (χ0n) is 18.8. The molecule has 2 heterocycles. The molecule has 1 atom stereocenters. The number of nitrogens with zero attached hydrogens (tertiary/aromatic N) is 1. The van der Waals surface area contributed by atoms with E-state index < -0.39 is 10.0 Å². The Balaban J connectivity index is 1.36. The number of aryl methyl sites for hydroxylation is 2. The molecule has 8 heteroatoms. The van der Waals surface area contributed by atoms with Gasteiger partial charge in [0, 0.05) is 19.0 Å². The lowest BCUT2D eigenvalue weighted by Crippen LogP contribution is -2.43. The van der Waals surface area contributed by atoms with E-state index in [2.05, 4.69) is 5.32 Å². The molecule has 2 aliphatic heterocycles. The molecule has 0 radical (unpaired) electrons. The summed E-state index contributed by atoms with van der Waals surface area (Å²) in [5, 5.41) is 3.07. The van der Waals surface area contributed by atoms with E-state index in [0.717, 1.165) is 22.4 Å². The van der Waals surface area contributed by atoms with Gasteiger partial charge in [0.05, 0.1) is 10.9 Å². The summed E-state index contributed by atoms with van der Waals surface area (Å²) in [5.41, 5.74) is 2.72. The quantitative estimate of drug-likeness (QED) is 0.743. The lowest BCUT2D eigenvalue weighted by molar-refractivity contribution is -0.126. The van der Waals surface area contributed by atoms with E-state index in [9.17, 15) is 13.2 Å². The highest BCUT2D eigenvalue weighted by atomic mass is 32.2. The molecule has 32 heavy (non-hydrogen) atoms. The number of carbonyl (C=O) groups is 1. The van der Waals surface area contributed by atoms with Crippen LogP contribution in [0.25, 0.3) is 0 Å². The van der Waals surface area contributed by atoms with Crippen LogP contribution >= 0.6 is 0 Å². The fraction of sp³-hybridized carbons (Fsp3) is 0.458. The van der Waals surface area contributed by atoms with Crippen LogP contribution in [0.2, 0.25) is 0 Å². The number of nitrogens with one attached hydrogen (secondary N) is 1. The van der Waals surface area contributed by atoms with E-state index >= 15 is 0 Å². The molecule has 2 aromatic rings. The van der Waals surface area contributed by atoms with Crippen molar-refractivity contribution in [2.75, 3.05) is 26.3 Å². The van der Waals surface area contributed by atoms with E-state index in [-0.39, 0.29) is 17.9 Å². The maximum Gasteiger partial charge on any atom is 0.243 e. The van der Waals surface area contributed by atoms with Gasteiger partial charge in [-0.1, -0.05) is 23.8 Å². The molecule has 4 rings (SSSR count). The largest absolute Gasteiger partial charge is 0.486 e. The Hall–Kier alpha value is -2.58. The van der Waals surface area contributed by atoms with Crippen molar-refractivity contribution < 1.29 is 22.7 Å². The van der Waals surface area contributed by atoms with Gasteiger partial charge in [-0.2, -0.15) is 4.31 Å². The molecular weight excluding hydrogens is 428 g/mol. The van der Waals surface area contributed by atoms with E-state index in [1.165, 1.54) is 4.31 Å². The maximum absolute atomic E-state index is 13.1. The average molecular weight is 459 g/mol. The number of fused-ring (bicyclic) bond motifs is 1. The van der Waals surface area contributed by atoms with Crippen molar-refractivity contribution in [1.82, 2.24) is 9.62 Å². The highest BCUT2D eigenvalue weighted by molar-refractivity contribution is 7.89. The fourth-order valence-corrected chi connectivity index (χ4v) is 6.01. The Kier molecular flexibility index (Phi) is 6.44. The van der Waals surface area contributed by atoms with Gasteiger partial charge in [0.2, 0.25) is 15.9 Å². The number of piperidine rings is 1. The van der Waals surface area contributed by atoms with E-state index in [1.807, 2.05) is 51.1 Å². The average Bonchev–Trinajstić information content (AvgIpc) is 2.78. The Morgan fingerprint density at radius 3 is 2.41 bits per heavy atom. The number of ether oxygens (including phenoxy) is 2. The summed E-state index contributed by atoms with van der Waals surface area (Å²) in [6.07, 6.45) is 1.01. The minimum Gasteiger partial charge on any atom is -0.486 e. The van der Waals surface area contributed by atoms with Crippen LogP contribution in [0.1, 0.15) is 42.5 Å². The zero-order valence-corrected chi connectivity index (χ0v) is 19.6. The van der Waals surface area contributed by atoms with Crippen LogP contribution in [0.4, 0.5) is 0 Å².